The van der Waals surface area contributed by atoms with Crippen molar-refractivity contribution in [2.24, 2.45) is 10.2 Å². The summed E-state index contributed by atoms with van der Waals surface area (Å²) >= 11 is 6.82. The molecular formula is C19H22Br2ClN5O2. The van der Waals surface area contributed by atoms with Gasteiger partial charge in [-0.3, -0.25) is 5.41 Å². The molecule has 2 aromatic carbocycles. The minimum atomic E-state index is -0.0716. The second-order valence-corrected chi connectivity index (χ2v) is 7.18. The first-order valence-electron chi connectivity index (χ1n) is 8.54. The number of benzene rings is 2. The average Bonchev–Trinajstić information content (AvgIpc) is 2.66. The summed E-state index contributed by atoms with van der Waals surface area (Å²) in [5.41, 5.74) is 6.74. The summed E-state index contributed by atoms with van der Waals surface area (Å²) in [5, 5.41) is 15.9. The van der Waals surface area contributed by atoms with Crippen LogP contribution in [0.4, 0.5) is 0 Å². The van der Waals surface area contributed by atoms with E-state index in [1.54, 1.807) is 12.4 Å². The van der Waals surface area contributed by atoms with Gasteiger partial charge >= 0.3 is 0 Å². The third-order valence-electron chi connectivity index (χ3n) is 3.31. The fourth-order valence-corrected chi connectivity index (χ4v) is 2.83. The summed E-state index contributed by atoms with van der Waals surface area (Å²) < 4.78 is 13.0. The molecule has 10 heteroatoms. The third-order valence-corrected chi connectivity index (χ3v) is 4.30. The molecule has 2 aromatic rings. The van der Waals surface area contributed by atoms with Crippen LogP contribution >= 0.6 is 44.3 Å². The van der Waals surface area contributed by atoms with Gasteiger partial charge in [-0.2, -0.15) is 10.2 Å². The number of hydrogen-bond acceptors (Lipinski definition) is 5. The number of guanidine groups is 1. The minimum Gasteiger partial charge on any atom is -0.493 e. The van der Waals surface area contributed by atoms with E-state index in [1.807, 2.05) is 50.2 Å². The number of hydrogen-bond donors (Lipinski definition) is 3. The molecule has 0 unspecified atom stereocenters. The van der Waals surface area contributed by atoms with Gasteiger partial charge in [-0.05, 0) is 50.2 Å². The molecule has 2 rings (SSSR count). The first-order chi connectivity index (χ1) is 13.5. The Bertz CT molecular complexity index is 808. The molecule has 0 saturated carbocycles. The van der Waals surface area contributed by atoms with E-state index in [2.05, 4.69) is 52.9 Å². The van der Waals surface area contributed by atoms with E-state index < -0.39 is 0 Å². The van der Waals surface area contributed by atoms with E-state index in [0.717, 1.165) is 20.1 Å². The van der Waals surface area contributed by atoms with Crippen LogP contribution < -0.4 is 20.3 Å². The maximum atomic E-state index is 7.83. The van der Waals surface area contributed by atoms with E-state index in [4.69, 9.17) is 14.9 Å². The van der Waals surface area contributed by atoms with Crippen LogP contribution in [0.25, 0.3) is 0 Å². The van der Waals surface area contributed by atoms with E-state index in [0.29, 0.717) is 24.7 Å². The van der Waals surface area contributed by atoms with Crippen molar-refractivity contribution in [3.8, 4) is 11.5 Å². The fraction of sp³-hybridized carbons (Fsp3) is 0.211. The van der Waals surface area contributed by atoms with Gasteiger partial charge in [-0.1, -0.05) is 31.9 Å². The van der Waals surface area contributed by atoms with Gasteiger partial charge in [0.05, 0.1) is 25.6 Å². The fourth-order valence-electron chi connectivity index (χ4n) is 2.15. The largest absolute Gasteiger partial charge is 0.493 e. The Hall–Kier alpha value is -2.10. The molecule has 29 heavy (non-hydrogen) atoms. The summed E-state index contributed by atoms with van der Waals surface area (Å²) in [5.74, 6) is 1.34. The van der Waals surface area contributed by atoms with Gasteiger partial charge in [-0.15, -0.1) is 12.4 Å². The summed E-state index contributed by atoms with van der Waals surface area (Å²) in [6.07, 6.45) is 3.17. The zero-order chi connectivity index (χ0) is 20.4. The quantitative estimate of drug-likeness (QED) is 0.249. The minimum absolute atomic E-state index is 0. The van der Waals surface area contributed by atoms with Crippen LogP contribution in [0.3, 0.4) is 0 Å². The summed E-state index contributed by atoms with van der Waals surface area (Å²) in [7, 11) is 0. The Morgan fingerprint density at radius 2 is 1.31 bits per heavy atom. The van der Waals surface area contributed by atoms with Crippen molar-refractivity contribution in [1.82, 2.24) is 10.9 Å². The highest BCUT2D eigenvalue weighted by molar-refractivity contribution is 9.10. The van der Waals surface area contributed by atoms with Crippen molar-refractivity contribution in [2.45, 2.75) is 13.8 Å². The Labute approximate surface area is 193 Å². The zero-order valence-corrected chi connectivity index (χ0v) is 19.9. The number of halogens is 3. The normalized spacial score (nSPS) is 10.6. The van der Waals surface area contributed by atoms with Crippen molar-refractivity contribution < 1.29 is 9.47 Å². The van der Waals surface area contributed by atoms with E-state index in [-0.39, 0.29) is 18.4 Å². The molecule has 0 saturated heterocycles. The van der Waals surface area contributed by atoms with Crippen molar-refractivity contribution in [2.75, 3.05) is 13.2 Å². The second kappa shape index (κ2) is 13.2. The highest BCUT2D eigenvalue weighted by atomic mass is 79.9. The van der Waals surface area contributed by atoms with Crippen LogP contribution in [-0.2, 0) is 0 Å². The lowest BCUT2D eigenvalue weighted by Crippen LogP contribution is -2.29. The van der Waals surface area contributed by atoms with Gasteiger partial charge < -0.3 is 9.47 Å². The zero-order valence-electron chi connectivity index (χ0n) is 15.9. The SMILES string of the molecule is CCOc1cc(Br)ccc1/C=N/NC(=N)N/N=C/c1ccc(Br)cc1OCC.Cl. The topological polar surface area (TPSA) is 91.1 Å². The van der Waals surface area contributed by atoms with Crippen LogP contribution in [0.15, 0.2) is 55.5 Å². The molecule has 3 N–H and O–H groups in total. The van der Waals surface area contributed by atoms with Gasteiger partial charge in [0.25, 0.3) is 0 Å². The van der Waals surface area contributed by atoms with Crippen molar-refractivity contribution in [3.63, 3.8) is 0 Å². The monoisotopic (exact) mass is 545 g/mol. The molecule has 156 valence electrons. The van der Waals surface area contributed by atoms with Gasteiger partial charge in [0, 0.05) is 20.1 Å². The Morgan fingerprint density at radius 1 is 0.897 bits per heavy atom. The lowest BCUT2D eigenvalue weighted by molar-refractivity contribution is 0.339. The summed E-state index contributed by atoms with van der Waals surface area (Å²) in [6, 6.07) is 11.3. The van der Waals surface area contributed by atoms with Crippen LogP contribution in [0.5, 0.6) is 11.5 Å². The predicted molar refractivity (Wildman–Crippen MR) is 127 cm³/mol. The van der Waals surface area contributed by atoms with E-state index >= 15 is 0 Å². The predicted octanol–water partition coefficient (Wildman–Crippen LogP) is 4.91. The van der Waals surface area contributed by atoms with Crippen molar-refractivity contribution in [3.05, 3.63) is 56.5 Å². The van der Waals surface area contributed by atoms with Crippen LogP contribution in [0.1, 0.15) is 25.0 Å². The molecule has 0 aliphatic heterocycles. The average molecular weight is 548 g/mol. The second-order valence-electron chi connectivity index (χ2n) is 5.35. The maximum Gasteiger partial charge on any atom is 0.230 e. The molecule has 0 aliphatic carbocycles. The Kier molecular flexibility index (Phi) is 11.3. The smallest absolute Gasteiger partial charge is 0.230 e. The number of ether oxygens (including phenoxy) is 2. The lowest BCUT2D eigenvalue weighted by Gasteiger charge is -2.08. The van der Waals surface area contributed by atoms with Gasteiger partial charge in [0.2, 0.25) is 5.96 Å². The highest BCUT2D eigenvalue weighted by Gasteiger charge is 2.03. The molecule has 0 atom stereocenters. The molecule has 0 radical (unpaired) electrons. The van der Waals surface area contributed by atoms with Gasteiger partial charge in [-0.25, -0.2) is 10.9 Å². The standard InChI is InChI=1S/C19H21Br2N5O2.ClH/c1-3-27-17-9-15(20)7-5-13(17)11-23-25-19(22)26-24-12-14-6-8-16(21)10-18(14)28-4-2;/h5-12H,3-4H2,1-2H3,(H3,22,25,26);1H/b23-11+,24-12+;. The highest BCUT2D eigenvalue weighted by Crippen LogP contribution is 2.23. The Balaban J connectivity index is 0.00000420. The first kappa shape index (κ1) is 24.9. The van der Waals surface area contributed by atoms with E-state index in [1.165, 1.54) is 0 Å². The molecule has 0 aliphatic rings. The molecular weight excluding hydrogens is 526 g/mol. The molecule has 0 heterocycles. The van der Waals surface area contributed by atoms with Crippen molar-refractivity contribution >= 4 is 62.7 Å². The number of rotatable bonds is 8. The molecule has 0 amide bonds. The molecule has 0 spiro atoms. The molecule has 0 aromatic heterocycles. The summed E-state index contributed by atoms with van der Waals surface area (Å²) in [6.45, 7) is 4.94. The first-order valence-corrected chi connectivity index (χ1v) is 10.1. The molecule has 0 bridgehead atoms. The third kappa shape index (κ3) is 8.43. The van der Waals surface area contributed by atoms with Gasteiger partial charge in [0.15, 0.2) is 0 Å². The van der Waals surface area contributed by atoms with E-state index in [9.17, 15) is 0 Å². The Morgan fingerprint density at radius 3 is 1.69 bits per heavy atom. The maximum absolute atomic E-state index is 7.83. The number of hydrazone groups is 2. The van der Waals surface area contributed by atoms with Crippen LogP contribution in [0.2, 0.25) is 0 Å². The van der Waals surface area contributed by atoms with Gasteiger partial charge in [0.1, 0.15) is 11.5 Å². The van der Waals surface area contributed by atoms with Crippen LogP contribution in [-0.4, -0.2) is 31.6 Å². The number of nitrogens with one attached hydrogen (secondary N) is 3. The lowest BCUT2D eigenvalue weighted by atomic mass is 10.2. The molecule has 7 nitrogen and oxygen atoms in total. The number of nitrogens with zero attached hydrogens (tertiary/aromatic N) is 2. The molecule has 0 fully saturated rings. The van der Waals surface area contributed by atoms with Crippen LogP contribution in [0, 0.1) is 5.41 Å². The van der Waals surface area contributed by atoms with Crippen molar-refractivity contribution in [1.29, 1.82) is 5.41 Å². The summed E-state index contributed by atoms with van der Waals surface area (Å²) in [4.78, 5) is 0.